The van der Waals surface area contributed by atoms with Crippen molar-refractivity contribution in [1.29, 1.82) is 0 Å². The second-order valence-electron chi connectivity index (χ2n) is 4.06. The van der Waals surface area contributed by atoms with E-state index in [9.17, 15) is 4.79 Å². The van der Waals surface area contributed by atoms with E-state index in [4.69, 9.17) is 11.6 Å². The molecule has 0 aliphatic carbocycles. The molecule has 0 saturated heterocycles. The van der Waals surface area contributed by atoms with Gasteiger partial charge in [0.2, 0.25) is 5.91 Å². The van der Waals surface area contributed by atoms with Crippen molar-refractivity contribution in [2.75, 3.05) is 27.2 Å². The summed E-state index contributed by atoms with van der Waals surface area (Å²) < 4.78 is 0. The second-order valence-corrected chi connectivity index (χ2v) is 4.49. The van der Waals surface area contributed by atoms with Crippen LogP contribution in [0.15, 0.2) is 18.3 Å². The van der Waals surface area contributed by atoms with Crippen LogP contribution in [0, 0.1) is 0 Å². The van der Waals surface area contributed by atoms with Gasteiger partial charge in [0.1, 0.15) is 0 Å². The van der Waals surface area contributed by atoms with E-state index in [1.165, 1.54) is 0 Å². The van der Waals surface area contributed by atoms with Gasteiger partial charge in [-0.05, 0) is 18.7 Å². The number of aromatic nitrogens is 1. The summed E-state index contributed by atoms with van der Waals surface area (Å²) in [6, 6.07) is 3.57. The zero-order valence-corrected chi connectivity index (χ0v) is 11.2. The number of pyridine rings is 1. The van der Waals surface area contributed by atoms with Crippen molar-refractivity contribution in [3.8, 4) is 0 Å². The van der Waals surface area contributed by atoms with E-state index in [-0.39, 0.29) is 5.91 Å². The molecule has 0 spiro atoms. The smallest absolute Gasteiger partial charge is 0.236 e. The van der Waals surface area contributed by atoms with Crippen molar-refractivity contribution in [3.05, 3.63) is 29.0 Å². The molecule has 0 bridgehead atoms. The van der Waals surface area contributed by atoms with E-state index in [2.05, 4.69) is 4.98 Å². The van der Waals surface area contributed by atoms with Gasteiger partial charge < -0.3 is 4.90 Å². The third-order valence-corrected chi connectivity index (χ3v) is 2.70. The van der Waals surface area contributed by atoms with Crippen LogP contribution in [0.3, 0.4) is 0 Å². The molecule has 1 aromatic rings. The molecule has 4 nitrogen and oxygen atoms in total. The highest BCUT2D eigenvalue weighted by Crippen LogP contribution is 2.10. The van der Waals surface area contributed by atoms with Gasteiger partial charge in [-0.25, -0.2) is 0 Å². The summed E-state index contributed by atoms with van der Waals surface area (Å²) in [5, 5.41) is 0.671. The molecule has 94 valence electrons. The van der Waals surface area contributed by atoms with Crippen molar-refractivity contribution < 1.29 is 4.79 Å². The molecule has 0 radical (unpaired) electrons. The Morgan fingerprint density at radius 3 is 2.71 bits per heavy atom. The van der Waals surface area contributed by atoms with Gasteiger partial charge in [-0.15, -0.1) is 0 Å². The first kappa shape index (κ1) is 13.9. The molecule has 1 rings (SSSR count). The average Bonchev–Trinajstić information content (AvgIpc) is 2.27. The minimum absolute atomic E-state index is 0.0916. The fraction of sp³-hybridized carbons (Fsp3) is 0.500. The Labute approximate surface area is 107 Å². The standard InChI is InChI=1S/C12H18ClN3O/c1-4-16(9-12(17)15(2)3)8-11-7-10(13)5-6-14-11/h5-7H,4,8-9H2,1-3H3. The van der Waals surface area contributed by atoms with Gasteiger partial charge in [-0.1, -0.05) is 18.5 Å². The maximum Gasteiger partial charge on any atom is 0.236 e. The molecule has 0 fully saturated rings. The molecule has 1 amide bonds. The zero-order chi connectivity index (χ0) is 12.8. The van der Waals surface area contributed by atoms with Gasteiger partial charge in [0.15, 0.2) is 0 Å². The second kappa shape index (κ2) is 6.57. The summed E-state index contributed by atoms with van der Waals surface area (Å²) in [4.78, 5) is 19.5. The van der Waals surface area contributed by atoms with Crippen LogP contribution < -0.4 is 0 Å². The van der Waals surface area contributed by atoms with Crippen LogP contribution in [0.4, 0.5) is 0 Å². The maximum absolute atomic E-state index is 11.6. The zero-order valence-electron chi connectivity index (χ0n) is 10.5. The Kier molecular flexibility index (Phi) is 5.38. The normalized spacial score (nSPS) is 10.6. The third-order valence-electron chi connectivity index (χ3n) is 2.47. The molecule has 17 heavy (non-hydrogen) atoms. The van der Waals surface area contributed by atoms with E-state index in [0.717, 1.165) is 12.2 Å². The molecule has 0 aliphatic heterocycles. The molecule has 1 aromatic heterocycles. The van der Waals surface area contributed by atoms with Crippen LogP contribution in [0.1, 0.15) is 12.6 Å². The first-order chi connectivity index (χ1) is 8.02. The number of hydrogen-bond donors (Lipinski definition) is 0. The van der Waals surface area contributed by atoms with Crippen LogP contribution in [0.25, 0.3) is 0 Å². The lowest BCUT2D eigenvalue weighted by Crippen LogP contribution is -2.36. The van der Waals surface area contributed by atoms with Crippen molar-refractivity contribution in [1.82, 2.24) is 14.8 Å². The van der Waals surface area contributed by atoms with Gasteiger partial charge in [-0.2, -0.15) is 0 Å². The monoisotopic (exact) mass is 255 g/mol. The molecule has 1 heterocycles. The minimum Gasteiger partial charge on any atom is -0.348 e. The fourth-order valence-corrected chi connectivity index (χ4v) is 1.56. The summed E-state index contributed by atoms with van der Waals surface area (Å²) in [5.41, 5.74) is 0.880. The summed E-state index contributed by atoms with van der Waals surface area (Å²) >= 11 is 5.89. The van der Waals surface area contributed by atoms with Crippen molar-refractivity contribution >= 4 is 17.5 Å². The van der Waals surface area contributed by atoms with Crippen LogP contribution in [0.2, 0.25) is 5.02 Å². The lowest BCUT2D eigenvalue weighted by Gasteiger charge is -2.21. The van der Waals surface area contributed by atoms with Crippen LogP contribution in [0.5, 0.6) is 0 Å². The van der Waals surface area contributed by atoms with Crippen molar-refractivity contribution in [2.45, 2.75) is 13.5 Å². The molecule has 0 atom stereocenters. The summed E-state index contributed by atoms with van der Waals surface area (Å²) in [6.45, 7) is 3.86. The number of nitrogens with zero attached hydrogens (tertiary/aromatic N) is 3. The number of hydrogen-bond acceptors (Lipinski definition) is 3. The maximum atomic E-state index is 11.6. The van der Waals surface area contributed by atoms with E-state index >= 15 is 0 Å². The largest absolute Gasteiger partial charge is 0.348 e. The predicted octanol–water partition coefficient (Wildman–Crippen LogP) is 1.65. The highest BCUT2D eigenvalue weighted by Gasteiger charge is 2.11. The minimum atomic E-state index is 0.0916. The fourth-order valence-electron chi connectivity index (χ4n) is 1.38. The van der Waals surface area contributed by atoms with Crippen LogP contribution in [-0.4, -0.2) is 47.9 Å². The Balaban J connectivity index is 2.61. The summed E-state index contributed by atoms with van der Waals surface area (Å²) in [7, 11) is 3.52. The highest BCUT2D eigenvalue weighted by molar-refractivity contribution is 6.30. The topological polar surface area (TPSA) is 36.4 Å². The predicted molar refractivity (Wildman–Crippen MR) is 68.9 cm³/mol. The Morgan fingerprint density at radius 1 is 1.47 bits per heavy atom. The van der Waals surface area contributed by atoms with Crippen LogP contribution >= 0.6 is 11.6 Å². The summed E-state index contributed by atoms with van der Waals surface area (Å²) in [6.07, 6.45) is 1.68. The molecule has 0 aromatic carbocycles. The van der Waals surface area contributed by atoms with Crippen molar-refractivity contribution in [2.24, 2.45) is 0 Å². The van der Waals surface area contributed by atoms with Gasteiger partial charge in [0.25, 0.3) is 0 Å². The number of carbonyl (C=O) groups excluding carboxylic acids is 1. The lowest BCUT2D eigenvalue weighted by molar-refractivity contribution is -0.130. The number of amides is 1. The van der Waals surface area contributed by atoms with Gasteiger partial charge in [-0.3, -0.25) is 14.7 Å². The quantitative estimate of drug-likeness (QED) is 0.803. The van der Waals surface area contributed by atoms with E-state index < -0.39 is 0 Å². The van der Waals surface area contributed by atoms with Crippen LogP contribution in [-0.2, 0) is 11.3 Å². The average molecular weight is 256 g/mol. The molecule has 0 N–H and O–H groups in total. The van der Waals surface area contributed by atoms with Gasteiger partial charge in [0.05, 0.1) is 12.2 Å². The number of halogens is 1. The first-order valence-corrected chi connectivity index (χ1v) is 5.93. The number of rotatable bonds is 5. The molecule has 5 heteroatoms. The molecule has 0 saturated carbocycles. The third kappa shape index (κ3) is 4.71. The summed E-state index contributed by atoms with van der Waals surface area (Å²) in [5.74, 6) is 0.0916. The molecular weight excluding hydrogens is 238 g/mol. The SMILES string of the molecule is CCN(CC(=O)N(C)C)Cc1cc(Cl)ccn1. The first-order valence-electron chi connectivity index (χ1n) is 5.56. The lowest BCUT2D eigenvalue weighted by atomic mass is 10.3. The van der Waals surface area contributed by atoms with E-state index in [0.29, 0.717) is 18.1 Å². The molecular formula is C12H18ClN3O. The van der Waals surface area contributed by atoms with E-state index in [1.54, 1.807) is 31.3 Å². The Bertz CT molecular complexity index is 382. The number of likely N-dealkylation sites (N-methyl/N-ethyl adjacent to an activating group) is 2. The Hall–Kier alpha value is -1.13. The van der Waals surface area contributed by atoms with Gasteiger partial charge >= 0.3 is 0 Å². The highest BCUT2D eigenvalue weighted by atomic mass is 35.5. The molecule has 0 unspecified atom stereocenters. The molecule has 0 aliphatic rings. The Morgan fingerprint density at radius 2 is 2.18 bits per heavy atom. The van der Waals surface area contributed by atoms with Crippen molar-refractivity contribution in [3.63, 3.8) is 0 Å². The van der Waals surface area contributed by atoms with Gasteiger partial charge in [0, 0.05) is 31.9 Å². The number of carbonyl (C=O) groups is 1. The van der Waals surface area contributed by atoms with E-state index in [1.807, 2.05) is 17.9 Å².